The van der Waals surface area contributed by atoms with Crippen LogP contribution < -0.4 is 11.5 Å². The van der Waals surface area contributed by atoms with Gasteiger partial charge in [-0.05, 0) is 19.1 Å². The summed E-state index contributed by atoms with van der Waals surface area (Å²) < 4.78 is 0. The Labute approximate surface area is 77.3 Å². The van der Waals surface area contributed by atoms with Gasteiger partial charge in [0.05, 0.1) is 5.69 Å². The largest absolute Gasteiger partial charge is 0.370 e. The highest BCUT2D eigenvalue weighted by Crippen LogP contribution is 2.11. The lowest BCUT2D eigenvalue weighted by atomic mass is 10.2. The normalized spacial score (nSPS) is 8.08. The summed E-state index contributed by atoms with van der Waals surface area (Å²) in [6.07, 6.45) is 0. The van der Waals surface area contributed by atoms with Gasteiger partial charge in [-0.2, -0.15) is 0 Å². The molecule has 13 heavy (non-hydrogen) atoms. The van der Waals surface area contributed by atoms with Gasteiger partial charge in [-0.1, -0.05) is 17.7 Å². The molecule has 0 fully saturated rings. The van der Waals surface area contributed by atoms with Crippen LogP contribution in [0, 0.1) is 6.92 Å². The van der Waals surface area contributed by atoms with E-state index in [4.69, 9.17) is 16.3 Å². The highest BCUT2D eigenvalue weighted by atomic mass is 16.1. The van der Waals surface area contributed by atoms with E-state index in [1.165, 1.54) is 5.56 Å². The Kier molecular flexibility index (Phi) is 4.95. The Balaban J connectivity index is 0.000000671. The molecule has 1 rings (SSSR count). The fourth-order valence-corrected chi connectivity index (χ4v) is 0.768. The molecule has 4 heteroatoms. The minimum Gasteiger partial charge on any atom is -0.370 e. The number of guanidine groups is 1. The average Bonchev–Trinajstić information content (AvgIpc) is 2.12. The third kappa shape index (κ3) is 4.58. The van der Waals surface area contributed by atoms with E-state index >= 15 is 0 Å². The van der Waals surface area contributed by atoms with Crippen LogP contribution in [-0.4, -0.2) is 12.7 Å². The second-order valence-corrected chi connectivity index (χ2v) is 2.37. The van der Waals surface area contributed by atoms with Crippen molar-refractivity contribution < 1.29 is 4.79 Å². The summed E-state index contributed by atoms with van der Waals surface area (Å²) >= 11 is 0. The monoisotopic (exact) mass is 179 g/mol. The summed E-state index contributed by atoms with van der Waals surface area (Å²) in [5, 5.41) is 0. The molecule has 0 spiro atoms. The van der Waals surface area contributed by atoms with Crippen LogP contribution in [0.25, 0.3) is 0 Å². The summed E-state index contributed by atoms with van der Waals surface area (Å²) in [6, 6.07) is 7.66. The molecular formula is C9H13N3O. The first kappa shape index (κ1) is 11.2. The van der Waals surface area contributed by atoms with Crippen LogP contribution in [0.2, 0.25) is 0 Å². The summed E-state index contributed by atoms with van der Waals surface area (Å²) in [5.41, 5.74) is 12.4. The number of carbonyl (C=O) groups is 1. The number of aliphatic imine (C=N–C) groups is 1. The maximum absolute atomic E-state index is 8.00. The Bertz CT molecular complexity index is 275. The molecule has 0 radical (unpaired) electrons. The van der Waals surface area contributed by atoms with Crippen molar-refractivity contribution in [2.45, 2.75) is 6.92 Å². The van der Waals surface area contributed by atoms with Gasteiger partial charge >= 0.3 is 0 Å². The van der Waals surface area contributed by atoms with Crippen LogP contribution in [0.5, 0.6) is 0 Å². The van der Waals surface area contributed by atoms with E-state index in [1.807, 2.05) is 38.0 Å². The van der Waals surface area contributed by atoms with Gasteiger partial charge in [-0.3, -0.25) is 0 Å². The zero-order valence-corrected chi connectivity index (χ0v) is 7.53. The van der Waals surface area contributed by atoms with E-state index in [1.54, 1.807) is 0 Å². The molecule has 1 aromatic rings. The molecule has 0 aromatic heterocycles. The lowest BCUT2D eigenvalue weighted by Gasteiger charge is -1.94. The average molecular weight is 179 g/mol. The summed E-state index contributed by atoms with van der Waals surface area (Å²) in [4.78, 5) is 11.9. The first-order valence-corrected chi connectivity index (χ1v) is 3.63. The maximum Gasteiger partial charge on any atom is 0.191 e. The topological polar surface area (TPSA) is 81.5 Å². The molecule has 4 nitrogen and oxygen atoms in total. The summed E-state index contributed by atoms with van der Waals surface area (Å²) in [7, 11) is 0. The summed E-state index contributed by atoms with van der Waals surface area (Å²) in [5.74, 6) is 0.0915. The fourth-order valence-electron chi connectivity index (χ4n) is 0.768. The number of benzene rings is 1. The van der Waals surface area contributed by atoms with Gasteiger partial charge in [0.15, 0.2) is 5.96 Å². The third-order valence-electron chi connectivity index (χ3n) is 1.29. The zero-order chi connectivity index (χ0) is 10.3. The van der Waals surface area contributed by atoms with Crippen LogP contribution >= 0.6 is 0 Å². The molecular weight excluding hydrogens is 166 g/mol. The van der Waals surface area contributed by atoms with Gasteiger partial charge in [-0.15, -0.1) is 0 Å². The molecule has 0 amide bonds. The van der Waals surface area contributed by atoms with Gasteiger partial charge in [0.2, 0.25) is 0 Å². The lowest BCUT2D eigenvalue weighted by Crippen LogP contribution is -2.21. The van der Waals surface area contributed by atoms with Gasteiger partial charge < -0.3 is 16.3 Å². The SMILES string of the molecule is C=O.Cc1ccc(N=C(N)N)cc1. The fraction of sp³-hybridized carbons (Fsp3) is 0.111. The van der Waals surface area contributed by atoms with Crippen LogP contribution in [-0.2, 0) is 4.79 Å². The number of nitrogens with two attached hydrogens (primary N) is 2. The second kappa shape index (κ2) is 5.77. The molecule has 4 N–H and O–H groups in total. The quantitative estimate of drug-likeness (QED) is 0.492. The van der Waals surface area contributed by atoms with E-state index < -0.39 is 0 Å². The predicted octanol–water partition coefficient (Wildman–Crippen LogP) is 0.715. The third-order valence-corrected chi connectivity index (χ3v) is 1.29. The highest BCUT2D eigenvalue weighted by molar-refractivity contribution is 5.78. The van der Waals surface area contributed by atoms with Crippen molar-refractivity contribution >= 4 is 18.4 Å². The smallest absolute Gasteiger partial charge is 0.191 e. The minimum atomic E-state index is 0.0915. The molecule has 0 saturated carbocycles. The number of hydrogen-bond acceptors (Lipinski definition) is 2. The highest BCUT2D eigenvalue weighted by Gasteiger charge is 1.87. The Hall–Kier alpha value is -1.84. The van der Waals surface area contributed by atoms with E-state index in [0.717, 1.165) is 5.69 Å². The van der Waals surface area contributed by atoms with Gasteiger partial charge in [0.1, 0.15) is 6.79 Å². The Morgan fingerprint density at radius 3 is 2.08 bits per heavy atom. The standard InChI is InChI=1S/C8H11N3.CH2O/c1-6-2-4-7(5-3-6)11-8(9)10;1-2/h2-5H,1H3,(H4,9,10,11);1H2. The first-order chi connectivity index (χ1) is 6.18. The number of aryl methyl sites for hydroxylation is 1. The lowest BCUT2D eigenvalue weighted by molar-refractivity contribution is -0.0979. The van der Waals surface area contributed by atoms with Crippen LogP contribution in [0.4, 0.5) is 5.69 Å². The van der Waals surface area contributed by atoms with E-state index in [2.05, 4.69) is 4.99 Å². The minimum absolute atomic E-state index is 0.0915. The molecule has 0 heterocycles. The number of carbonyl (C=O) groups excluding carboxylic acids is 1. The van der Waals surface area contributed by atoms with Gasteiger partial charge in [0.25, 0.3) is 0 Å². The molecule has 0 bridgehead atoms. The molecule has 70 valence electrons. The number of hydrogen-bond donors (Lipinski definition) is 2. The molecule has 0 aliphatic rings. The van der Waals surface area contributed by atoms with Gasteiger partial charge in [-0.25, -0.2) is 4.99 Å². The Morgan fingerprint density at radius 1 is 1.23 bits per heavy atom. The van der Waals surface area contributed by atoms with Crippen molar-refractivity contribution in [3.63, 3.8) is 0 Å². The Morgan fingerprint density at radius 2 is 1.69 bits per heavy atom. The number of nitrogens with zero attached hydrogens (tertiary/aromatic N) is 1. The maximum atomic E-state index is 8.00. The predicted molar refractivity (Wildman–Crippen MR) is 53.8 cm³/mol. The van der Waals surface area contributed by atoms with E-state index in [0.29, 0.717) is 0 Å². The molecule has 0 unspecified atom stereocenters. The van der Waals surface area contributed by atoms with Crippen molar-refractivity contribution in [2.24, 2.45) is 16.5 Å². The molecule has 0 aliphatic heterocycles. The van der Waals surface area contributed by atoms with Crippen molar-refractivity contribution in [1.29, 1.82) is 0 Å². The summed E-state index contributed by atoms with van der Waals surface area (Å²) in [6.45, 7) is 4.01. The van der Waals surface area contributed by atoms with Crippen molar-refractivity contribution in [3.05, 3.63) is 29.8 Å². The van der Waals surface area contributed by atoms with Crippen LogP contribution in [0.3, 0.4) is 0 Å². The van der Waals surface area contributed by atoms with Crippen LogP contribution in [0.15, 0.2) is 29.3 Å². The second-order valence-electron chi connectivity index (χ2n) is 2.37. The zero-order valence-electron chi connectivity index (χ0n) is 7.53. The van der Waals surface area contributed by atoms with E-state index in [9.17, 15) is 0 Å². The molecule has 1 aromatic carbocycles. The molecule has 0 saturated heterocycles. The van der Waals surface area contributed by atoms with E-state index in [-0.39, 0.29) is 5.96 Å². The first-order valence-electron chi connectivity index (χ1n) is 3.63. The van der Waals surface area contributed by atoms with Crippen molar-refractivity contribution in [3.8, 4) is 0 Å². The van der Waals surface area contributed by atoms with Crippen LogP contribution in [0.1, 0.15) is 5.56 Å². The van der Waals surface area contributed by atoms with Gasteiger partial charge in [0, 0.05) is 0 Å². The molecule has 0 atom stereocenters. The van der Waals surface area contributed by atoms with Crippen molar-refractivity contribution in [2.75, 3.05) is 0 Å². The van der Waals surface area contributed by atoms with Crippen molar-refractivity contribution in [1.82, 2.24) is 0 Å². The number of rotatable bonds is 1. The molecule has 0 aliphatic carbocycles.